The quantitative estimate of drug-likeness (QED) is 0.0645. The Balaban J connectivity index is 0.00000232. The van der Waals surface area contributed by atoms with Gasteiger partial charge in [-0.3, -0.25) is 14.4 Å². The molecule has 16 heteroatoms. The normalized spacial score (nSPS) is 15.8. The fourth-order valence-electron chi connectivity index (χ4n) is 8.52. The first-order valence-corrected chi connectivity index (χ1v) is 25.5. The molecule has 402 valence electrons. The minimum atomic E-state index is -0.900. The van der Waals surface area contributed by atoms with Crippen LogP contribution in [-0.4, -0.2) is 129 Å². The maximum Gasteiger partial charge on any atom is 0.307 e. The lowest BCUT2D eigenvalue weighted by Crippen LogP contribution is -2.37. The number of carbonyl (C=O) groups excluding carboxylic acids is 1. The van der Waals surface area contributed by atoms with Gasteiger partial charge in [-0.15, -0.1) is 23.4 Å². The Bertz CT molecular complexity index is 2490. The van der Waals surface area contributed by atoms with Gasteiger partial charge >= 0.3 is 5.97 Å². The van der Waals surface area contributed by atoms with Crippen molar-refractivity contribution < 1.29 is 38.4 Å². The molecule has 0 aliphatic carbocycles. The van der Waals surface area contributed by atoms with E-state index in [0.29, 0.717) is 69.8 Å². The minimum absolute atomic E-state index is 0.111. The van der Waals surface area contributed by atoms with Crippen LogP contribution in [-0.2, 0) is 28.5 Å². The molecule has 1 fully saturated rings. The van der Waals surface area contributed by atoms with Gasteiger partial charge in [-0.2, -0.15) is 0 Å². The van der Waals surface area contributed by atoms with Crippen LogP contribution in [0.2, 0.25) is 5.02 Å². The molecule has 1 saturated heterocycles. The van der Waals surface area contributed by atoms with E-state index in [4.69, 9.17) is 45.1 Å². The zero-order valence-electron chi connectivity index (χ0n) is 45.3. The summed E-state index contributed by atoms with van der Waals surface area (Å²) < 4.78 is 31.4. The fraction of sp³-hybridized carbons (Fsp3) is 0.431. The Hall–Kier alpha value is -6.36. The minimum Gasteiger partial charge on any atom is -0.491 e. The summed E-state index contributed by atoms with van der Waals surface area (Å²) in [4.78, 5) is 29.2. The number of nitrogens with zero attached hydrogens (tertiary/aromatic N) is 6. The van der Waals surface area contributed by atoms with Crippen molar-refractivity contribution in [3.05, 3.63) is 155 Å². The molecule has 15 nitrogen and oxygen atoms in total. The number of ether oxygens (including phenoxy) is 5. The smallest absolute Gasteiger partial charge is 0.307 e. The number of nitrogens with one attached hydrogen (secondary N) is 1. The number of anilines is 1. The number of piperidine rings is 1. The highest BCUT2D eigenvalue weighted by molar-refractivity contribution is 6.30. The van der Waals surface area contributed by atoms with Crippen LogP contribution < -0.4 is 15.0 Å². The predicted molar refractivity (Wildman–Crippen MR) is 301 cm³/mol. The van der Waals surface area contributed by atoms with Crippen LogP contribution in [0.4, 0.5) is 5.69 Å². The highest BCUT2D eigenvalue weighted by Crippen LogP contribution is 2.38. The van der Waals surface area contributed by atoms with Gasteiger partial charge in [0.15, 0.2) is 5.82 Å². The summed E-state index contributed by atoms with van der Waals surface area (Å²) in [6.07, 6.45) is 10.2. The van der Waals surface area contributed by atoms with E-state index in [0.717, 1.165) is 99.7 Å². The zero-order valence-corrected chi connectivity index (χ0v) is 46.1. The number of carboxylic acids is 1. The number of allylic oxidation sites excluding steroid dienone is 8. The maximum absolute atomic E-state index is 11.6. The van der Waals surface area contributed by atoms with Crippen molar-refractivity contribution in [2.45, 2.75) is 86.3 Å². The third kappa shape index (κ3) is 17.7. The summed E-state index contributed by atoms with van der Waals surface area (Å²) >= 11 is 6.29. The number of likely N-dealkylation sites (N-methyl/N-ethyl adjacent to an activating group) is 1. The van der Waals surface area contributed by atoms with Crippen LogP contribution in [0.1, 0.15) is 96.0 Å². The lowest BCUT2D eigenvalue weighted by molar-refractivity contribution is -0.136. The summed E-state index contributed by atoms with van der Waals surface area (Å²) in [6, 6.07) is 13.6. The number of aromatic nitrogens is 3. The first kappa shape index (κ1) is 61.9. The number of rotatable bonds is 24. The Morgan fingerprint density at radius 3 is 2.14 bits per heavy atom. The van der Waals surface area contributed by atoms with Crippen molar-refractivity contribution in [2.24, 2.45) is 4.99 Å². The van der Waals surface area contributed by atoms with E-state index in [1.165, 1.54) is 5.57 Å². The van der Waals surface area contributed by atoms with Gasteiger partial charge in [0.2, 0.25) is 0 Å². The second kappa shape index (κ2) is 32.7. The molecule has 0 bridgehead atoms. The summed E-state index contributed by atoms with van der Waals surface area (Å²) in [6.45, 7) is 36.0. The molecule has 0 amide bonds. The average molecular weight is 1040 g/mol. The lowest BCUT2D eigenvalue weighted by atomic mass is 9.92. The van der Waals surface area contributed by atoms with Crippen LogP contribution in [0.15, 0.2) is 132 Å². The topological polar surface area (TPSA) is 162 Å². The van der Waals surface area contributed by atoms with Crippen LogP contribution in [0.3, 0.4) is 0 Å². The molecule has 3 aliphatic rings. The van der Waals surface area contributed by atoms with Crippen molar-refractivity contribution in [1.82, 2.24) is 25.0 Å². The van der Waals surface area contributed by atoms with E-state index in [1.54, 1.807) is 13.2 Å². The van der Waals surface area contributed by atoms with E-state index in [-0.39, 0.29) is 18.6 Å². The standard InChI is InChI=1S/C53H68ClN7O7.C2H6.C2H4.CH2O/c1-10-40(33-50(62)63)48-32-42(17-21-59(48)8)46-16-15-45(34-49(46)60-22-18-44(64-9)19-23-60)68-30-29-67-28-27-66-26-25-65-24-20-55-36(4)31-47-53-58-57-39(7)61(53)38(6)51(37(5)35(2)3)52(56-47)41-11-13-43(54)14-12-41;3*1-2/h10-17,21,32,34,44,47,55H,1,4,18-20,22-31,33H2,2-3,5-9H3,(H,62,63);1-2H3;1-2H2;1H2/b48-40+;;;/t47-;;;/m0.../s1. The van der Waals surface area contributed by atoms with Crippen molar-refractivity contribution in [2.75, 3.05) is 84.9 Å². The molecule has 2 N–H and O–H groups in total. The second-order valence-electron chi connectivity index (χ2n) is 17.3. The maximum atomic E-state index is 11.6. The molecule has 1 aromatic heterocycles. The van der Waals surface area contributed by atoms with Crippen molar-refractivity contribution >= 4 is 47.0 Å². The SMILES string of the molecule is C=C.C=C/C(CC(=O)O)=C1/C=C(c2ccc(OCCOCCOCCOCCNC(=C)C[C@@H]3N=C(c4ccc(Cl)cc4)C(C(C)=C(C)C)=C(C)n4c(C)nnc43)cc2N2CCC(OC)CC2)C=CN1C.C=O.CC. The van der Waals surface area contributed by atoms with Gasteiger partial charge in [0.25, 0.3) is 0 Å². The largest absolute Gasteiger partial charge is 0.491 e. The van der Waals surface area contributed by atoms with Gasteiger partial charge in [-0.05, 0) is 101 Å². The van der Waals surface area contributed by atoms with Gasteiger partial charge in [0.1, 0.15) is 31.0 Å². The van der Waals surface area contributed by atoms with Gasteiger partial charge in [0, 0.05) is 97.0 Å². The number of halogens is 1. The van der Waals surface area contributed by atoms with Crippen molar-refractivity contribution in [3.63, 3.8) is 0 Å². The highest BCUT2D eigenvalue weighted by Gasteiger charge is 2.30. The van der Waals surface area contributed by atoms with Gasteiger partial charge < -0.3 is 48.7 Å². The Morgan fingerprint density at radius 2 is 1.54 bits per heavy atom. The number of benzene rings is 2. The average Bonchev–Trinajstić information content (AvgIpc) is 3.76. The predicted octanol–water partition coefficient (Wildman–Crippen LogP) is 11.0. The molecule has 0 spiro atoms. The lowest BCUT2D eigenvalue weighted by Gasteiger charge is -2.35. The summed E-state index contributed by atoms with van der Waals surface area (Å²) in [7, 11) is 3.68. The number of hydrogen-bond acceptors (Lipinski definition) is 13. The van der Waals surface area contributed by atoms with E-state index in [9.17, 15) is 9.90 Å². The zero-order chi connectivity index (χ0) is 54.7. The number of carbonyl (C=O) groups is 2. The molecule has 4 heterocycles. The number of fused-ring (bicyclic) bond motifs is 1. The van der Waals surface area contributed by atoms with Crippen molar-refractivity contribution in [1.29, 1.82) is 0 Å². The molecule has 3 aliphatic heterocycles. The summed E-state index contributed by atoms with van der Waals surface area (Å²) in [5.74, 6) is 1.43. The highest BCUT2D eigenvalue weighted by atomic mass is 35.5. The van der Waals surface area contributed by atoms with Crippen LogP contribution in [0.25, 0.3) is 11.3 Å². The number of aryl methyl sites for hydroxylation is 1. The molecule has 0 saturated carbocycles. The van der Waals surface area contributed by atoms with Crippen LogP contribution in [0.5, 0.6) is 5.75 Å². The Labute approximate surface area is 445 Å². The van der Waals surface area contributed by atoms with E-state index in [2.05, 4.69) is 97.2 Å². The molecule has 3 aromatic rings. The van der Waals surface area contributed by atoms with Gasteiger partial charge in [-0.25, -0.2) is 0 Å². The van der Waals surface area contributed by atoms with Crippen LogP contribution in [0, 0.1) is 6.92 Å². The number of hydrogen-bond donors (Lipinski definition) is 2. The number of aliphatic carboxylic acids is 1. The van der Waals surface area contributed by atoms with E-state index in [1.807, 2.05) is 82.1 Å². The third-order valence-electron chi connectivity index (χ3n) is 12.4. The molecule has 1 atom stereocenters. The molecule has 74 heavy (non-hydrogen) atoms. The third-order valence-corrected chi connectivity index (χ3v) is 12.6. The van der Waals surface area contributed by atoms with E-state index >= 15 is 0 Å². The molecule has 6 rings (SSSR count). The monoisotopic (exact) mass is 1040 g/mol. The Kier molecular flexibility index (Phi) is 27.4. The first-order chi connectivity index (χ1) is 35.8. The first-order valence-electron chi connectivity index (χ1n) is 25.1. The van der Waals surface area contributed by atoms with Gasteiger partial charge in [-0.1, -0.05) is 62.4 Å². The number of aliphatic imine (C=N–C) groups is 1. The molecule has 0 unspecified atom stereocenters. The second-order valence-corrected chi connectivity index (χ2v) is 17.7. The Morgan fingerprint density at radius 1 is 0.919 bits per heavy atom. The number of carboxylic acid groups (broad SMARTS) is 1. The van der Waals surface area contributed by atoms with Gasteiger partial charge in [0.05, 0.1) is 57.9 Å². The summed E-state index contributed by atoms with van der Waals surface area (Å²) in [5.41, 5.74) is 11.7. The molecule has 2 aromatic carbocycles. The fourth-order valence-corrected chi connectivity index (χ4v) is 8.65. The van der Waals surface area contributed by atoms with E-state index < -0.39 is 5.97 Å². The summed E-state index contributed by atoms with van der Waals surface area (Å²) in [5, 5.41) is 22.7. The molecular weight excluding hydrogens is 958 g/mol. The number of methoxy groups -OCH3 is 1. The molecule has 0 radical (unpaired) electrons. The molecular formula is C58H80ClN7O8. The van der Waals surface area contributed by atoms with Crippen molar-refractivity contribution in [3.8, 4) is 5.75 Å². The van der Waals surface area contributed by atoms with Crippen LogP contribution >= 0.6 is 11.6 Å².